The van der Waals surface area contributed by atoms with E-state index in [4.69, 9.17) is 9.73 Å². The molecule has 3 rings (SSSR count). The summed E-state index contributed by atoms with van der Waals surface area (Å²) in [6.07, 6.45) is 2.06. The Bertz CT molecular complexity index is 716. The van der Waals surface area contributed by atoms with Gasteiger partial charge in [-0.25, -0.2) is 4.98 Å². The normalized spacial score (nSPS) is 17.5. The van der Waals surface area contributed by atoms with E-state index in [9.17, 15) is 0 Å². The number of thiazole rings is 1. The van der Waals surface area contributed by atoms with Crippen molar-refractivity contribution in [3.8, 4) is 0 Å². The second kappa shape index (κ2) is 10.4. The molecule has 2 aromatic rings. The SMILES string of the molecule is CCNC(=NCCc1csc(C)n1)N1CCC(COCc2ccccc2)C1. The van der Waals surface area contributed by atoms with Gasteiger partial charge in [0, 0.05) is 43.9 Å². The number of guanidine groups is 1. The summed E-state index contributed by atoms with van der Waals surface area (Å²) >= 11 is 1.71. The largest absolute Gasteiger partial charge is 0.376 e. The molecule has 1 aliphatic rings. The van der Waals surface area contributed by atoms with Crippen molar-refractivity contribution in [2.75, 3.05) is 32.8 Å². The lowest BCUT2D eigenvalue weighted by atomic mass is 10.1. The van der Waals surface area contributed by atoms with Gasteiger partial charge in [-0.2, -0.15) is 0 Å². The third kappa shape index (κ3) is 6.33. The molecule has 0 aliphatic carbocycles. The first-order valence-electron chi connectivity index (χ1n) is 9.80. The van der Waals surface area contributed by atoms with Crippen molar-refractivity contribution >= 4 is 17.3 Å². The van der Waals surface area contributed by atoms with Crippen LogP contribution in [0.2, 0.25) is 0 Å². The molecule has 1 N–H and O–H groups in total. The van der Waals surface area contributed by atoms with Gasteiger partial charge in [-0.1, -0.05) is 30.3 Å². The monoisotopic (exact) mass is 386 g/mol. The minimum atomic E-state index is 0.568. The van der Waals surface area contributed by atoms with Crippen LogP contribution in [0.1, 0.15) is 29.6 Å². The molecule has 1 aromatic heterocycles. The number of benzene rings is 1. The third-order valence-corrected chi connectivity index (χ3v) is 5.50. The van der Waals surface area contributed by atoms with Crippen molar-refractivity contribution in [3.63, 3.8) is 0 Å². The number of hydrogen-bond donors (Lipinski definition) is 1. The zero-order chi connectivity index (χ0) is 18.9. The van der Waals surface area contributed by atoms with Gasteiger partial charge in [-0.05, 0) is 25.8 Å². The molecule has 0 spiro atoms. The molecular weight excluding hydrogens is 356 g/mol. The van der Waals surface area contributed by atoms with E-state index >= 15 is 0 Å². The molecule has 1 unspecified atom stereocenters. The number of nitrogens with zero attached hydrogens (tertiary/aromatic N) is 3. The van der Waals surface area contributed by atoms with Crippen LogP contribution in [-0.2, 0) is 17.8 Å². The maximum absolute atomic E-state index is 5.94. The van der Waals surface area contributed by atoms with Crippen LogP contribution in [0.25, 0.3) is 0 Å². The highest BCUT2D eigenvalue weighted by Crippen LogP contribution is 2.17. The number of aliphatic imine (C=N–C) groups is 1. The molecular formula is C21H30N4OS. The molecule has 5 nitrogen and oxygen atoms in total. The van der Waals surface area contributed by atoms with Crippen molar-refractivity contribution in [1.29, 1.82) is 0 Å². The molecule has 1 aliphatic heterocycles. The van der Waals surface area contributed by atoms with E-state index in [-0.39, 0.29) is 0 Å². The maximum atomic E-state index is 5.94. The minimum Gasteiger partial charge on any atom is -0.376 e. The van der Waals surface area contributed by atoms with E-state index < -0.39 is 0 Å². The second-order valence-corrected chi connectivity index (χ2v) is 8.01. The number of nitrogens with one attached hydrogen (secondary N) is 1. The summed E-state index contributed by atoms with van der Waals surface area (Å²) in [6, 6.07) is 10.4. The molecule has 0 radical (unpaired) electrons. The lowest BCUT2D eigenvalue weighted by molar-refractivity contribution is 0.0907. The zero-order valence-electron chi connectivity index (χ0n) is 16.4. The Balaban J connectivity index is 1.44. The van der Waals surface area contributed by atoms with Crippen molar-refractivity contribution < 1.29 is 4.74 Å². The first kappa shape index (κ1) is 19.8. The van der Waals surface area contributed by atoms with Crippen LogP contribution in [0.15, 0.2) is 40.7 Å². The summed E-state index contributed by atoms with van der Waals surface area (Å²) < 4.78 is 5.94. The topological polar surface area (TPSA) is 49.8 Å². The van der Waals surface area contributed by atoms with E-state index in [0.717, 1.165) is 62.3 Å². The quantitative estimate of drug-likeness (QED) is 0.557. The fraction of sp³-hybridized carbons (Fsp3) is 0.524. The minimum absolute atomic E-state index is 0.568. The first-order valence-corrected chi connectivity index (χ1v) is 10.7. The molecule has 0 amide bonds. The Kier molecular flexibility index (Phi) is 7.66. The smallest absolute Gasteiger partial charge is 0.193 e. The molecule has 2 heterocycles. The maximum Gasteiger partial charge on any atom is 0.193 e. The van der Waals surface area contributed by atoms with Crippen molar-refractivity contribution in [3.05, 3.63) is 52.0 Å². The van der Waals surface area contributed by atoms with Crippen LogP contribution in [-0.4, -0.2) is 48.6 Å². The average molecular weight is 387 g/mol. The van der Waals surface area contributed by atoms with Gasteiger partial charge in [0.05, 0.1) is 23.9 Å². The first-order chi connectivity index (χ1) is 13.2. The summed E-state index contributed by atoms with van der Waals surface area (Å²) in [5.41, 5.74) is 2.38. The molecule has 1 atom stereocenters. The number of rotatable bonds is 8. The summed E-state index contributed by atoms with van der Waals surface area (Å²) in [5.74, 6) is 1.59. The van der Waals surface area contributed by atoms with E-state index in [1.807, 2.05) is 13.0 Å². The van der Waals surface area contributed by atoms with Gasteiger partial charge in [0.15, 0.2) is 5.96 Å². The van der Waals surface area contributed by atoms with Crippen LogP contribution in [0.4, 0.5) is 0 Å². The van der Waals surface area contributed by atoms with Gasteiger partial charge < -0.3 is 15.0 Å². The highest BCUT2D eigenvalue weighted by molar-refractivity contribution is 7.09. The number of aryl methyl sites for hydroxylation is 1. The van der Waals surface area contributed by atoms with Gasteiger partial charge in [0.25, 0.3) is 0 Å². The van der Waals surface area contributed by atoms with E-state index in [1.54, 1.807) is 11.3 Å². The molecule has 1 fully saturated rings. The molecule has 1 aromatic carbocycles. The number of aromatic nitrogens is 1. The van der Waals surface area contributed by atoms with Crippen LogP contribution in [0, 0.1) is 12.8 Å². The van der Waals surface area contributed by atoms with Crippen LogP contribution in [0.5, 0.6) is 0 Å². The van der Waals surface area contributed by atoms with Crippen molar-refractivity contribution in [2.24, 2.45) is 10.9 Å². The Morgan fingerprint density at radius 1 is 1.37 bits per heavy atom. The van der Waals surface area contributed by atoms with Gasteiger partial charge in [0.1, 0.15) is 0 Å². The highest BCUT2D eigenvalue weighted by atomic mass is 32.1. The molecule has 6 heteroatoms. The van der Waals surface area contributed by atoms with E-state index in [0.29, 0.717) is 12.5 Å². The lowest BCUT2D eigenvalue weighted by Gasteiger charge is -2.21. The van der Waals surface area contributed by atoms with Crippen molar-refractivity contribution in [2.45, 2.75) is 33.3 Å². The van der Waals surface area contributed by atoms with Crippen LogP contribution < -0.4 is 5.32 Å². The van der Waals surface area contributed by atoms with E-state index in [2.05, 4.69) is 51.8 Å². The third-order valence-electron chi connectivity index (χ3n) is 4.68. The van der Waals surface area contributed by atoms with Crippen molar-refractivity contribution in [1.82, 2.24) is 15.2 Å². The number of hydrogen-bond acceptors (Lipinski definition) is 4. The Morgan fingerprint density at radius 2 is 2.22 bits per heavy atom. The van der Waals surface area contributed by atoms with E-state index in [1.165, 1.54) is 5.56 Å². The highest BCUT2D eigenvalue weighted by Gasteiger charge is 2.24. The van der Waals surface area contributed by atoms with Gasteiger partial charge in [-0.15, -0.1) is 11.3 Å². The summed E-state index contributed by atoms with van der Waals surface area (Å²) in [5, 5.41) is 6.69. The second-order valence-electron chi connectivity index (χ2n) is 6.94. The number of likely N-dealkylation sites (tertiary alicyclic amines) is 1. The molecule has 27 heavy (non-hydrogen) atoms. The predicted octanol–water partition coefficient (Wildman–Crippen LogP) is 3.50. The number of ether oxygens (including phenoxy) is 1. The fourth-order valence-electron chi connectivity index (χ4n) is 3.30. The molecule has 0 saturated carbocycles. The Labute approximate surface area is 166 Å². The van der Waals surface area contributed by atoms with Gasteiger partial charge in [-0.3, -0.25) is 4.99 Å². The predicted molar refractivity (Wildman–Crippen MR) is 112 cm³/mol. The van der Waals surface area contributed by atoms with Crippen LogP contribution in [0.3, 0.4) is 0 Å². The summed E-state index contributed by atoms with van der Waals surface area (Å²) in [4.78, 5) is 11.7. The molecule has 0 bridgehead atoms. The van der Waals surface area contributed by atoms with Gasteiger partial charge in [0.2, 0.25) is 0 Å². The lowest BCUT2D eigenvalue weighted by Crippen LogP contribution is -2.40. The Morgan fingerprint density at radius 3 is 2.96 bits per heavy atom. The molecule has 1 saturated heterocycles. The summed E-state index contributed by atoms with van der Waals surface area (Å²) in [6.45, 7) is 9.39. The Hall–Kier alpha value is -1.92. The average Bonchev–Trinajstić information content (AvgIpc) is 3.31. The van der Waals surface area contributed by atoms with Crippen LogP contribution >= 0.6 is 11.3 Å². The molecule has 146 valence electrons. The summed E-state index contributed by atoms with van der Waals surface area (Å²) in [7, 11) is 0. The zero-order valence-corrected chi connectivity index (χ0v) is 17.2. The van der Waals surface area contributed by atoms with Gasteiger partial charge >= 0.3 is 0 Å². The standard InChI is InChI=1S/C21H30N4OS/c1-3-22-21(23-11-9-20-16-27-17(2)24-20)25-12-10-19(13-25)15-26-14-18-7-5-4-6-8-18/h4-8,16,19H,3,9-15H2,1-2H3,(H,22,23). The fourth-order valence-corrected chi connectivity index (χ4v) is 3.95.